The minimum Gasteiger partial charge on any atom is -0.466 e. The highest BCUT2D eigenvalue weighted by molar-refractivity contribution is 5.69. The maximum atomic E-state index is 11.6. The van der Waals surface area contributed by atoms with E-state index in [9.17, 15) is 4.79 Å². The predicted molar refractivity (Wildman–Crippen MR) is 75.0 cm³/mol. The summed E-state index contributed by atoms with van der Waals surface area (Å²) in [5.74, 6) is 0.266. The number of aliphatic hydroxyl groups is 1. The lowest BCUT2D eigenvalue weighted by Gasteiger charge is -2.37. The van der Waals surface area contributed by atoms with E-state index in [1.54, 1.807) is 0 Å². The van der Waals surface area contributed by atoms with E-state index in [-0.39, 0.29) is 12.6 Å². The average molecular weight is 272 g/mol. The van der Waals surface area contributed by atoms with Gasteiger partial charge in [-0.2, -0.15) is 0 Å². The molecule has 5 heteroatoms. The van der Waals surface area contributed by atoms with Gasteiger partial charge in [0.15, 0.2) is 0 Å². The molecule has 1 saturated heterocycles. The second kappa shape index (κ2) is 9.28. The monoisotopic (exact) mass is 272 g/mol. The van der Waals surface area contributed by atoms with Crippen LogP contribution in [0.25, 0.3) is 0 Å². The smallest absolute Gasteiger partial charge is 0.306 e. The van der Waals surface area contributed by atoms with Crippen molar-refractivity contribution in [1.82, 2.24) is 10.2 Å². The summed E-state index contributed by atoms with van der Waals surface area (Å²) in [5, 5.41) is 12.2. The van der Waals surface area contributed by atoms with Crippen LogP contribution in [0, 0.1) is 5.92 Å². The van der Waals surface area contributed by atoms with Crippen molar-refractivity contribution in [2.24, 2.45) is 5.92 Å². The lowest BCUT2D eigenvalue weighted by atomic mass is 9.91. The molecular weight excluding hydrogens is 244 g/mol. The zero-order valence-electron chi connectivity index (χ0n) is 12.2. The fraction of sp³-hybridized carbons (Fsp3) is 0.929. The number of rotatable bonds is 8. The Bertz CT molecular complexity index is 261. The first-order valence-corrected chi connectivity index (χ1v) is 7.41. The number of hydrogen-bond donors (Lipinski definition) is 2. The first-order chi connectivity index (χ1) is 9.19. The van der Waals surface area contributed by atoms with Crippen molar-refractivity contribution in [2.45, 2.75) is 39.2 Å². The van der Waals surface area contributed by atoms with Crippen molar-refractivity contribution in [3.8, 4) is 0 Å². The molecule has 2 atom stereocenters. The van der Waals surface area contributed by atoms with Gasteiger partial charge in [0.25, 0.3) is 0 Å². The van der Waals surface area contributed by atoms with Crippen molar-refractivity contribution in [3.05, 3.63) is 0 Å². The fourth-order valence-corrected chi connectivity index (χ4v) is 2.82. The van der Waals surface area contributed by atoms with Crippen LogP contribution in [0.3, 0.4) is 0 Å². The SMILES string of the molecule is CCCN1CC(CC(=O)OCC)CC(NCCO)C1. The van der Waals surface area contributed by atoms with Gasteiger partial charge in [-0.3, -0.25) is 4.79 Å². The van der Waals surface area contributed by atoms with Gasteiger partial charge in [-0.05, 0) is 32.2 Å². The maximum absolute atomic E-state index is 11.6. The predicted octanol–water partition coefficient (Wildman–Crippen LogP) is 0.622. The molecule has 19 heavy (non-hydrogen) atoms. The molecule has 1 aliphatic rings. The van der Waals surface area contributed by atoms with Gasteiger partial charge in [-0.25, -0.2) is 0 Å². The van der Waals surface area contributed by atoms with Gasteiger partial charge in [0, 0.05) is 32.1 Å². The van der Waals surface area contributed by atoms with Crippen LogP contribution in [0.1, 0.15) is 33.1 Å². The van der Waals surface area contributed by atoms with Gasteiger partial charge in [-0.15, -0.1) is 0 Å². The molecule has 1 rings (SSSR count). The maximum Gasteiger partial charge on any atom is 0.306 e. The van der Waals surface area contributed by atoms with E-state index < -0.39 is 0 Å². The molecule has 1 fully saturated rings. The summed E-state index contributed by atoms with van der Waals surface area (Å²) in [6, 6.07) is 0.367. The Hall–Kier alpha value is -0.650. The van der Waals surface area contributed by atoms with Crippen LogP contribution < -0.4 is 5.32 Å². The number of nitrogens with zero attached hydrogens (tertiary/aromatic N) is 1. The number of carbonyl (C=O) groups excluding carboxylic acids is 1. The number of nitrogens with one attached hydrogen (secondary N) is 1. The summed E-state index contributed by atoms with van der Waals surface area (Å²) in [4.78, 5) is 14.0. The molecule has 1 heterocycles. The summed E-state index contributed by atoms with van der Waals surface area (Å²) < 4.78 is 5.04. The number of ether oxygens (including phenoxy) is 1. The largest absolute Gasteiger partial charge is 0.466 e. The molecular formula is C14H28N2O3. The molecule has 0 amide bonds. The van der Waals surface area contributed by atoms with E-state index in [4.69, 9.17) is 9.84 Å². The average Bonchev–Trinajstić information content (AvgIpc) is 2.36. The molecule has 0 aromatic carbocycles. The van der Waals surface area contributed by atoms with Crippen molar-refractivity contribution >= 4 is 5.97 Å². The summed E-state index contributed by atoms with van der Waals surface area (Å²) in [5.41, 5.74) is 0. The Morgan fingerprint density at radius 3 is 2.84 bits per heavy atom. The lowest BCUT2D eigenvalue weighted by molar-refractivity contribution is -0.144. The van der Waals surface area contributed by atoms with Gasteiger partial charge < -0.3 is 20.1 Å². The van der Waals surface area contributed by atoms with Gasteiger partial charge in [0.1, 0.15) is 0 Å². The van der Waals surface area contributed by atoms with Crippen LogP contribution in [0.4, 0.5) is 0 Å². The zero-order valence-corrected chi connectivity index (χ0v) is 12.2. The summed E-state index contributed by atoms with van der Waals surface area (Å²) >= 11 is 0. The molecule has 5 nitrogen and oxygen atoms in total. The number of likely N-dealkylation sites (tertiary alicyclic amines) is 1. The molecule has 0 radical (unpaired) electrons. The third-order valence-corrected chi connectivity index (χ3v) is 3.46. The summed E-state index contributed by atoms with van der Waals surface area (Å²) in [6.45, 7) is 8.30. The molecule has 112 valence electrons. The Labute approximate surface area is 116 Å². The van der Waals surface area contributed by atoms with Crippen LogP contribution in [0.5, 0.6) is 0 Å². The Morgan fingerprint density at radius 1 is 1.42 bits per heavy atom. The van der Waals surface area contributed by atoms with Crippen LogP contribution in [0.15, 0.2) is 0 Å². The molecule has 0 aliphatic carbocycles. The second-order valence-corrected chi connectivity index (χ2v) is 5.25. The number of carbonyl (C=O) groups is 1. The Kier molecular flexibility index (Phi) is 8.02. The fourth-order valence-electron chi connectivity index (χ4n) is 2.82. The van der Waals surface area contributed by atoms with Gasteiger partial charge in [0.2, 0.25) is 0 Å². The number of aliphatic hydroxyl groups excluding tert-OH is 1. The van der Waals surface area contributed by atoms with E-state index in [0.29, 0.717) is 31.5 Å². The summed E-state index contributed by atoms with van der Waals surface area (Å²) in [6.07, 6.45) is 2.61. The van der Waals surface area contributed by atoms with Crippen LogP contribution in [-0.2, 0) is 9.53 Å². The van der Waals surface area contributed by atoms with Crippen molar-refractivity contribution in [1.29, 1.82) is 0 Å². The topological polar surface area (TPSA) is 61.8 Å². The quantitative estimate of drug-likeness (QED) is 0.634. The van der Waals surface area contributed by atoms with Crippen LogP contribution >= 0.6 is 0 Å². The van der Waals surface area contributed by atoms with Crippen LogP contribution in [0.2, 0.25) is 0 Å². The standard InChI is InChI=1S/C14H28N2O3/c1-3-6-16-10-12(9-14(18)19-4-2)8-13(11-16)15-5-7-17/h12-13,15,17H,3-11H2,1-2H3. The van der Waals surface area contributed by atoms with Crippen molar-refractivity contribution < 1.29 is 14.6 Å². The third kappa shape index (κ3) is 6.36. The van der Waals surface area contributed by atoms with E-state index in [1.165, 1.54) is 0 Å². The first-order valence-electron chi connectivity index (χ1n) is 7.41. The highest BCUT2D eigenvalue weighted by Gasteiger charge is 2.28. The molecule has 0 bridgehead atoms. The minimum absolute atomic E-state index is 0.0910. The number of esters is 1. The Morgan fingerprint density at radius 2 is 2.21 bits per heavy atom. The first kappa shape index (κ1) is 16.4. The van der Waals surface area contributed by atoms with Gasteiger partial charge >= 0.3 is 5.97 Å². The van der Waals surface area contributed by atoms with E-state index in [2.05, 4.69) is 17.1 Å². The summed E-state index contributed by atoms with van der Waals surface area (Å²) in [7, 11) is 0. The third-order valence-electron chi connectivity index (χ3n) is 3.46. The molecule has 1 aliphatic heterocycles. The molecule has 0 aromatic heterocycles. The lowest BCUT2D eigenvalue weighted by Crippen LogP contribution is -2.50. The normalized spacial score (nSPS) is 24.4. The van der Waals surface area contributed by atoms with E-state index in [1.807, 2.05) is 6.92 Å². The molecule has 0 saturated carbocycles. The number of piperidine rings is 1. The van der Waals surface area contributed by atoms with Crippen molar-refractivity contribution in [3.63, 3.8) is 0 Å². The zero-order chi connectivity index (χ0) is 14.1. The number of hydrogen-bond acceptors (Lipinski definition) is 5. The second-order valence-electron chi connectivity index (χ2n) is 5.25. The van der Waals surface area contributed by atoms with Gasteiger partial charge in [0.05, 0.1) is 13.2 Å². The molecule has 0 aromatic rings. The van der Waals surface area contributed by atoms with E-state index >= 15 is 0 Å². The highest BCUT2D eigenvalue weighted by atomic mass is 16.5. The van der Waals surface area contributed by atoms with Crippen molar-refractivity contribution in [2.75, 3.05) is 39.4 Å². The van der Waals surface area contributed by atoms with Gasteiger partial charge in [-0.1, -0.05) is 6.92 Å². The molecule has 2 N–H and O–H groups in total. The van der Waals surface area contributed by atoms with E-state index in [0.717, 1.165) is 32.5 Å². The Balaban J connectivity index is 2.46. The van der Waals surface area contributed by atoms with Crippen LogP contribution in [-0.4, -0.2) is 61.4 Å². The molecule has 2 unspecified atom stereocenters. The molecule has 0 spiro atoms. The minimum atomic E-state index is -0.0910. The highest BCUT2D eigenvalue weighted by Crippen LogP contribution is 2.20.